The van der Waals surface area contributed by atoms with E-state index in [1.165, 1.54) is 12.1 Å². The lowest BCUT2D eigenvalue weighted by atomic mass is 10.0. The van der Waals surface area contributed by atoms with Gasteiger partial charge in [-0.3, -0.25) is 9.98 Å². The van der Waals surface area contributed by atoms with Crippen LogP contribution in [0.15, 0.2) is 51.4 Å². The van der Waals surface area contributed by atoms with Crippen molar-refractivity contribution in [2.75, 3.05) is 19.7 Å². The number of hydrazone groups is 1. The molecule has 0 spiro atoms. The summed E-state index contributed by atoms with van der Waals surface area (Å²) in [5.41, 5.74) is 2.94. The molecule has 1 saturated heterocycles. The summed E-state index contributed by atoms with van der Waals surface area (Å²) in [6, 6.07) is 4.68. The number of fused-ring (bicyclic) bond motifs is 1. The Bertz CT molecular complexity index is 1170. The van der Waals surface area contributed by atoms with E-state index in [1.807, 2.05) is 6.92 Å². The molecule has 1 aliphatic heterocycles. The van der Waals surface area contributed by atoms with Crippen molar-refractivity contribution in [1.29, 1.82) is 0 Å². The lowest BCUT2D eigenvalue weighted by molar-refractivity contribution is 0.105. The molecular weight excluding hydrogens is 493 g/mol. The molecule has 11 heteroatoms. The van der Waals surface area contributed by atoms with Crippen LogP contribution in [0.5, 0.6) is 5.75 Å². The van der Waals surface area contributed by atoms with Crippen LogP contribution in [-0.2, 0) is 0 Å². The van der Waals surface area contributed by atoms with E-state index in [2.05, 4.69) is 36.4 Å². The average Bonchev–Trinajstić information content (AvgIpc) is 3.19. The summed E-state index contributed by atoms with van der Waals surface area (Å²) in [5.74, 6) is 5.75. The number of nitrogens with two attached hydrogens (primary N) is 1. The highest BCUT2D eigenvalue weighted by atomic mass is 79.9. The molecule has 3 aromatic heterocycles. The smallest absolute Gasteiger partial charge is 0.147 e. The zero-order valence-corrected chi connectivity index (χ0v) is 19.7. The van der Waals surface area contributed by atoms with Gasteiger partial charge in [-0.15, -0.1) is 0 Å². The number of piperidine rings is 1. The summed E-state index contributed by atoms with van der Waals surface area (Å²) in [6.07, 6.45) is 5.40. The topological polar surface area (TPSA) is 122 Å². The number of rotatable bonds is 7. The van der Waals surface area contributed by atoms with Crippen molar-refractivity contribution >= 4 is 32.9 Å². The molecule has 9 nitrogen and oxygen atoms in total. The largest absolute Gasteiger partial charge is 0.488 e. The van der Waals surface area contributed by atoms with E-state index >= 15 is 0 Å². The first-order valence-corrected chi connectivity index (χ1v) is 11.4. The molecule has 1 unspecified atom stereocenters. The monoisotopic (exact) mass is 517 g/mol. The molecule has 33 heavy (non-hydrogen) atoms. The molecule has 1 aliphatic rings. The van der Waals surface area contributed by atoms with Crippen molar-refractivity contribution in [3.63, 3.8) is 0 Å². The second-order valence-corrected chi connectivity index (χ2v) is 8.63. The van der Waals surface area contributed by atoms with Gasteiger partial charge in [-0.05, 0) is 67.0 Å². The molecule has 0 amide bonds. The number of aliphatic imine (C=N–C) groups is 1. The second-order valence-electron chi connectivity index (χ2n) is 7.78. The van der Waals surface area contributed by atoms with E-state index in [0.717, 1.165) is 42.3 Å². The molecule has 4 heterocycles. The highest BCUT2D eigenvalue weighted by Crippen LogP contribution is 2.30. The zero-order valence-electron chi connectivity index (χ0n) is 18.1. The fraction of sp³-hybridized carbons (Fsp3) is 0.364. The van der Waals surface area contributed by atoms with E-state index in [0.29, 0.717) is 28.2 Å². The molecular formula is C22H25BrFN7O2. The lowest BCUT2D eigenvalue weighted by Gasteiger charge is -2.20. The van der Waals surface area contributed by atoms with E-state index < -0.39 is 11.9 Å². The van der Waals surface area contributed by atoms with Crippen molar-refractivity contribution in [3.05, 3.63) is 58.3 Å². The maximum absolute atomic E-state index is 13.1. The zero-order chi connectivity index (χ0) is 23.4. The van der Waals surface area contributed by atoms with Gasteiger partial charge < -0.3 is 21.0 Å². The number of pyridine rings is 2. The Balaban J connectivity index is 1.62. The normalized spacial score (nSPS) is 16.8. The van der Waals surface area contributed by atoms with Crippen LogP contribution in [0.25, 0.3) is 5.52 Å². The molecule has 4 N–H and O–H groups in total. The van der Waals surface area contributed by atoms with Crippen LogP contribution in [0.3, 0.4) is 0 Å². The fourth-order valence-corrected chi connectivity index (χ4v) is 4.24. The third kappa shape index (κ3) is 5.37. The first kappa shape index (κ1) is 23.3. The van der Waals surface area contributed by atoms with Crippen LogP contribution in [-0.4, -0.2) is 56.9 Å². The van der Waals surface area contributed by atoms with Gasteiger partial charge in [0.2, 0.25) is 0 Å². The Labute approximate surface area is 198 Å². The minimum Gasteiger partial charge on any atom is -0.488 e. The number of aromatic nitrogens is 3. The first-order chi connectivity index (χ1) is 16.0. The van der Waals surface area contributed by atoms with Crippen LogP contribution in [0.2, 0.25) is 0 Å². The molecule has 0 bridgehead atoms. The van der Waals surface area contributed by atoms with Gasteiger partial charge in [-0.1, -0.05) is 0 Å². The molecule has 0 aliphatic carbocycles. The third-order valence-electron chi connectivity index (χ3n) is 5.45. The van der Waals surface area contributed by atoms with Crippen LogP contribution < -0.4 is 15.9 Å². The van der Waals surface area contributed by atoms with Crippen molar-refractivity contribution in [1.82, 2.24) is 19.9 Å². The molecule has 1 fully saturated rings. The summed E-state index contributed by atoms with van der Waals surface area (Å²) in [7, 11) is 0. The van der Waals surface area contributed by atoms with Crippen LogP contribution >= 0.6 is 15.9 Å². The average molecular weight is 518 g/mol. The Morgan fingerprint density at radius 1 is 1.39 bits per heavy atom. The molecule has 0 radical (unpaired) electrons. The number of nitrogens with one attached hydrogen (secondary N) is 1. The number of aliphatic hydroxyl groups is 1. The van der Waals surface area contributed by atoms with E-state index in [9.17, 15) is 9.50 Å². The quantitative estimate of drug-likeness (QED) is 0.251. The van der Waals surface area contributed by atoms with E-state index in [-0.39, 0.29) is 12.6 Å². The second kappa shape index (κ2) is 10.4. The number of hydrogen-bond donors (Lipinski definition) is 3. The van der Waals surface area contributed by atoms with Gasteiger partial charge in [0.05, 0.1) is 34.3 Å². The lowest BCUT2D eigenvalue weighted by Crippen LogP contribution is -2.31. The standard InChI is InChI=1S/C22H25BrFN7O2/c1-13(29-16-4-6-26-7-5-16)21(30-25)14-8-20(22-17(23)10-28-31(22)11-14)33-12-19(32)18-3-2-15(24)9-27-18/h2-3,8-11,16,19,26,32H,4-7,12,25H2,1H3/b29-13?,30-21+. The van der Waals surface area contributed by atoms with Gasteiger partial charge in [-0.25, -0.2) is 8.91 Å². The molecule has 4 rings (SSSR count). The highest BCUT2D eigenvalue weighted by molar-refractivity contribution is 9.10. The van der Waals surface area contributed by atoms with Gasteiger partial charge in [-0.2, -0.15) is 10.2 Å². The number of nitrogens with zero attached hydrogens (tertiary/aromatic N) is 5. The Kier molecular flexibility index (Phi) is 7.31. The Morgan fingerprint density at radius 3 is 2.88 bits per heavy atom. The van der Waals surface area contributed by atoms with Crippen molar-refractivity contribution < 1.29 is 14.2 Å². The Hall–Kier alpha value is -2.89. The van der Waals surface area contributed by atoms with Crippen molar-refractivity contribution in [2.45, 2.75) is 31.9 Å². The van der Waals surface area contributed by atoms with Crippen molar-refractivity contribution in [2.24, 2.45) is 15.9 Å². The summed E-state index contributed by atoms with van der Waals surface area (Å²) < 4.78 is 21.5. The predicted octanol–water partition coefficient (Wildman–Crippen LogP) is 2.62. The SMILES string of the molecule is CC(=NC1CCNCC1)/C(=N\N)c1cc(OCC(O)c2ccc(F)cn2)c2c(Br)cnn2c1. The fourth-order valence-electron chi connectivity index (χ4n) is 3.77. The van der Waals surface area contributed by atoms with E-state index in [1.54, 1.807) is 23.0 Å². The third-order valence-corrected chi connectivity index (χ3v) is 6.03. The first-order valence-electron chi connectivity index (χ1n) is 10.6. The van der Waals surface area contributed by atoms with Gasteiger partial charge in [0.15, 0.2) is 0 Å². The van der Waals surface area contributed by atoms with E-state index in [4.69, 9.17) is 15.6 Å². The number of halogens is 2. The minimum atomic E-state index is -1.04. The van der Waals surface area contributed by atoms with Crippen LogP contribution in [0.4, 0.5) is 4.39 Å². The van der Waals surface area contributed by atoms with Gasteiger partial charge in [0.1, 0.15) is 35.5 Å². The van der Waals surface area contributed by atoms with Crippen LogP contribution in [0.1, 0.15) is 37.1 Å². The van der Waals surface area contributed by atoms with Crippen molar-refractivity contribution in [3.8, 4) is 5.75 Å². The summed E-state index contributed by atoms with van der Waals surface area (Å²) in [6.45, 7) is 3.67. The molecule has 3 aromatic rings. The number of aliphatic hydroxyl groups excluding tert-OH is 1. The highest BCUT2D eigenvalue weighted by Gasteiger charge is 2.19. The molecule has 0 saturated carbocycles. The molecule has 174 valence electrons. The summed E-state index contributed by atoms with van der Waals surface area (Å²) >= 11 is 3.49. The van der Waals surface area contributed by atoms with Gasteiger partial charge in [0.25, 0.3) is 0 Å². The minimum absolute atomic E-state index is 0.0907. The van der Waals surface area contributed by atoms with Gasteiger partial charge >= 0.3 is 0 Å². The van der Waals surface area contributed by atoms with Crippen LogP contribution in [0, 0.1) is 5.82 Å². The number of hydrogen-bond acceptors (Lipinski definition) is 8. The number of ether oxygens (including phenoxy) is 1. The summed E-state index contributed by atoms with van der Waals surface area (Å²) in [4.78, 5) is 8.74. The molecule has 1 atom stereocenters. The Morgan fingerprint density at radius 2 is 2.18 bits per heavy atom. The predicted molar refractivity (Wildman–Crippen MR) is 127 cm³/mol. The molecule has 0 aromatic carbocycles. The van der Waals surface area contributed by atoms with Gasteiger partial charge in [0, 0.05) is 11.8 Å². The maximum atomic E-state index is 13.1. The maximum Gasteiger partial charge on any atom is 0.147 e. The summed E-state index contributed by atoms with van der Waals surface area (Å²) in [5, 5.41) is 22.1.